The summed E-state index contributed by atoms with van der Waals surface area (Å²) in [5.41, 5.74) is 0.989. The first kappa shape index (κ1) is 11.4. The summed E-state index contributed by atoms with van der Waals surface area (Å²) in [4.78, 5) is 13.1. The van der Waals surface area contributed by atoms with Gasteiger partial charge in [0.1, 0.15) is 11.8 Å². The molecule has 1 N–H and O–H groups in total. The fourth-order valence-electron chi connectivity index (χ4n) is 1.89. The van der Waals surface area contributed by atoms with Gasteiger partial charge in [-0.15, -0.1) is 0 Å². The van der Waals surface area contributed by atoms with E-state index in [1.807, 2.05) is 6.07 Å². The zero-order valence-corrected chi connectivity index (χ0v) is 9.38. The van der Waals surface area contributed by atoms with Crippen molar-refractivity contribution in [3.8, 4) is 11.8 Å². The molecule has 1 fully saturated rings. The summed E-state index contributed by atoms with van der Waals surface area (Å²) in [5, 5.41) is 18.4. The minimum absolute atomic E-state index is 0.133. The van der Waals surface area contributed by atoms with E-state index in [0.29, 0.717) is 17.0 Å². The van der Waals surface area contributed by atoms with Gasteiger partial charge in [-0.25, -0.2) is 0 Å². The summed E-state index contributed by atoms with van der Waals surface area (Å²) in [6.07, 6.45) is -0.497. The fraction of sp³-hybridized carbons (Fsp3) is 0.333. The molecule has 0 spiro atoms. The van der Waals surface area contributed by atoms with Crippen LogP contribution in [0.25, 0.3) is 0 Å². The molecule has 17 heavy (non-hydrogen) atoms. The maximum absolute atomic E-state index is 11.6. The largest absolute Gasteiger partial charge is 0.495 e. The third kappa shape index (κ3) is 2.08. The van der Waals surface area contributed by atoms with Crippen molar-refractivity contribution in [2.24, 2.45) is 0 Å². The molecule has 1 aromatic rings. The Kier molecular flexibility index (Phi) is 2.98. The highest BCUT2D eigenvalue weighted by Crippen LogP contribution is 2.27. The molecule has 0 aromatic heterocycles. The van der Waals surface area contributed by atoms with Crippen molar-refractivity contribution in [3.63, 3.8) is 0 Å². The molecule has 0 radical (unpaired) electrons. The summed E-state index contributed by atoms with van der Waals surface area (Å²) in [5.74, 6) is 0.343. The number of amides is 1. The van der Waals surface area contributed by atoms with Gasteiger partial charge < -0.3 is 14.7 Å². The van der Waals surface area contributed by atoms with E-state index in [1.165, 1.54) is 12.0 Å². The summed E-state index contributed by atoms with van der Waals surface area (Å²) < 4.78 is 5.03. The van der Waals surface area contributed by atoms with Crippen LogP contribution in [-0.4, -0.2) is 30.8 Å². The van der Waals surface area contributed by atoms with Crippen LogP contribution in [0.15, 0.2) is 18.2 Å². The number of aliphatic hydroxyl groups is 1. The number of nitriles is 1. The topological polar surface area (TPSA) is 73.6 Å². The van der Waals surface area contributed by atoms with Crippen molar-refractivity contribution in [2.75, 3.05) is 18.6 Å². The van der Waals surface area contributed by atoms with Crippen LogP contribution in [0.2, 0.25) is 0 Å². The molecule has 1 heterocycles. The Labute approximate surface area is 98.8 Å². The van der Waals surface area contributed by atoms with Gasteiger partial charge in [0.05, 0.1) is 31.7 Å². The maximum atomic E-state index is 11.6. The Bertz CT molecular complexity index is 493. The van der Waals surface area contributed by atoms with E-state index in [9.17, 15) is 9.90 Å². The van der Waals surface area contributed by atoms with Gasteiger partial charge in [-0.2, -0.15) is 5.26 Å². The maximum Gasteiger partial charge on any atom is 0.229 e. The summed E-state index contributed by atoms with van der Waals surface area (Å²) >= 11 is 0. The number of carbonyl (C=O) groups is 1. The molecular formula is C12H12N2O3. The smallest absolute Gasteiger partial charge is 0.229 e. The number of nitrogens with zero attached hydrogens (tertiary/aromatic N) is 2. The number of hydrogen-bond acceptors (Lipinski definition) is 4. The van der Waals surface area contributed by atoms with Crippen LogP contribution in [0, 0.1) is 11.3 Å². The second kappa shape index (κ2) is 4.44. The summed E-state index contributed by atoms with van der Waals surface area (Å²) in [7, 11) is 1.49. The predicted molar refractivity (Wildman–Crippen MR) is 60.7 cm³/mol. The average Bonchev–Trinajstić information content (AvgIpc) is 2.67. The fourth-order valence-corrected chi connectivity index (χ4v) is 1.89. The Morgan fingerprint density at radius 1 is 1.59 bits per heavy atom. The van der Waals surface area contributed by atoms with Crippen LogP contribution in [0.4, 0.5) is 5.69 Å². The van der Waals surface area contributed by atoms with Crippen LogP contribution in [0.3, 0.4) is 0 Å². The van der Waals surface area contributed by atoms with Crippen LogP contribution in [0.5, 0.6) is 5.75 Å². The van der Waals surface area contributed by atoms with Gasteiger partial charge in [0.15, 0.2) is 0 Å². The number of rotatable bonds is 2. The molecular weight excluding hydrogens is 220 g/mol. The highest BCUT2D eigenvalue weighted by Gasteiger charge is 2.29. The van der Waals surface area contributed by atoms with Crippen LogP contribution < -0.4 is 9.64 Å². The highest BCUT2D eigenvalue weighted by molar-refractivity contribution is 5.96. The van der Waals surface area contributed by atoms with Gasteiger partial charge in [-0.1, -0.05) is 0 Å². The quantitative estimate of drug-likeness (QED) is 0.813. The van der Waals surface area contributed by atoms with Gasteiger partial charge in [0.25, 0.3) is 0 Å². The Balaban J connectivity index is 2.35. The van der Waals surface area contributed by atoms with Crippen molar-refractivity contribution in [3.05, 3.63) is 23.8 Å². The van der Waals surface area contributed by atoms with Gasteiger partial charge in [-0.05, 0) is 18.2 Å². The zero-order valence-electron chi connectivity index (χ0n) is 9.38. The normalized spacial score (nSPS) is 19.2. The van der Waals surface area contributed by atoms with E-state index >= 15 is 0 Å². The van der Waals surface area contributed by atoms with E-state index in [0.717, 1.165) is 0 Å². The van der Waals surface area contributed by atoms with Crippen LogP contribution in [0.1, 0.15) is 12.0 Å². The molecule has 0 aliphatic carbocycles. The van der Waals surface area contributed by atoms with Gasteiger partial charge >= 0.3 is 0 Å². The second-order valence-corrected chi connectivity index (χ2v) is 3.86. The van der Waals surface area contributed by atoms with E-state index in [4.69, 9.17) is 10.00 Å². The molecule has 2 rings (SSSR count). The first-order chi connectivity index (χ1) is 8.15. The lowest BCUT2D eigenvalue weighted by molar-refractivity contribution is -0.117. The zero-order chi connectivity index (χ0) is 12.4. The van der Waals surface area contributed by atoms with Crippen LogP contribution in [-0.2, 0) is 4.79 Å². The Morgan fingerprint density at radius 3 is 2.88 bits per heavy atom. The summed E-state index contributed by atoms with van der Waals surface area (Å²) in [6, 6.07) is 6.95. The van der Waals surface area contributed by atoms with Crippen molar-refractivity contribution >= 4 is 11.6 Å². The summed E-state index contributed by atoms with van der Waals surface area (Å²) in [6.45, 7) is 0.274. The SMILES string of the molecule is COc1ccc(N2CC(O)CC2=O)cc1C#N. The number of benzene rings is 1. The van der Waals surface area contributed by atoms with Crippen molar-refractivity contribution in [1.29, 1.82) is 5.26 Å². The lowest BCUT2D eigenvalue weighted by Crippen LogP contribution is -2.25. The molecule has 88 valence electrons. The van der Waals surface area contributed by atoms with E-state index in [-0.39, 0.29) is 18.9 Å². The van der Waals surface area contributed by atoms with Crippen molar-refractivity contribution < 1.29 is 14.6 Å². The predicted octanol–water partition coefficient (Wildman–Crippen LogP) is 0.664. The molecule has 0 bridgehead atoms. The molecule has 1 aliphatic heterocycles. The number of β-amino-alcohol motifs (C(OH)–C–C–N with tert-alkyl or cyclic N) is 1. The first-order valence-electron chi connectivity index (χ1n) is 5.22. The molecule has 5 nitrogen and oxygen atoms in total. The molecule has 5 heteroatoms. The van der Waals surface area contributed by atoms with Crippen molar-refractivity contribution in [2.45, 2.75) is 12.5 Å². The number of aliphatic hydroxyl groups excluding tert-OH is 1. The number of anilines is 1. The number of ether oxygens (including phenoxy) is 1. The lowest BCUT2D eigenvalue weighted by atomic mass is 10.2. The number of carbonyl (C=O) groups excluding carboxylic acids is 1. The molecule has 1 aliphatic rings. The molecule has 1 aromatic carbocycles. The minimum Gasteiger partial charge on any atom is -0.495 e. The average molecular weight is 232 g/mol. The third-order valence-electron chi connectivity index (χ3n) is 2.72. The number of hydrogen-bond donors (Lipinski definition) is 1. The van der Waals surface area contributed by atoms with E-state index < -0.39 is 6.10 Å². The Morgan fingerprint density at radius 2 is 2.35 bits per heavy atom. The Hall–Kier alpha value is -2.06. The molecule has 1 saturated heterocycles. The highest BCUT2D eigenvalue weighted by atomic mass is 16.5. The van der Waals surface area contributed by atoms with Gasteiger partial charge in [0, 0.05) is 5.69 Å². The molecule has 1 amide bonds. The third-order valence-corrected chi connectivity index (χ3v) is 2.72. The first-order valence-corrected chi connectivity index (χ1v) is 5.22. The lowest BCUT2D eigenvalue weighted by Gasteiger charge is -2.16. The molecule has 1 unspecified atom stereocenters. The van der Waals surface area contributed by atoms with Gasteiger partial charge in [0.2, 0.25) is 5.91 Å². The minimum atomic E-state index is -0.630. The molecule has 1 atom stereocenters. The van der Waals surface area contributed by atoms with Crippen molar-refractivity contribution in [1.82, 2.24) is 0 Å². The monoisotopic (exact) mass is 232 g/mol. The van der Waals surface area contributed by atoms with Crippen LogP contribution >= 0.6 is 0 Å². The standard InChI is InChI=1S/C12H12N2O3/c1-17-11-3-2-9(4-8(11)6-13)14-7-10(15)5-12(14)16/h2-4,10,15H,5,7H2,1H3. The van der Waals surface area contributed by atoms with E-state index in [2.05, 4.69) is 0 Å². The van der Waals surface area contributed by atoms with E-state index in [1.54, 1.807) is 18.2 Å². The second-order valence-electron chi connectivity index (χ2n) is 3.86. The number of methoxy groups -OCH3 is 1. The molecule has 0 saturated carbocycles. The van der Waals surface area contributed by atoms with Gasteiger partial charge in [-0.3, -0.25) is 4.79 Å².